The Morgan fingerprint density at radius 2 is 1.86 bits per heavy atom. The third-order valence-electron chi connectivity index (χ3n) is 3.89. The van der Waals surface area contributed by atoms with Gasteiger partial charge in [-0.25, -0.2) is 0 Å². The Kier molecular flexibility index (Phi) is 11.4. The van der Waals surface area contributed by atoms with E-state index in [1.54, 1.807) is 0 Å². The number of amides is 2. The number of nitrogens with zero attached hydrogens (tertiary/aromatic N) is 1. The van der Waals surface area contributed by atoms with Crippen molar-refractivity contribution in [1.29, 1.82) is 0 Å². The summed E-state index contributed by atoms with van der Waals surface area (Å²) in [5.41, 5.74) is 5.41. The molecule has 0 aromatic rings. The van der Waals surface area contributed by atoms with Crippen LogP contribution in [0.1, 0.15) is 51.9 Å². The molecule has 1 fully saturated rings. The zero-order valence-electron chi connectivity index (χ0n) is 13.1. The largest absolute Gasteiger partial charge is 0.356 e. The van der Waals surface area contributed by atoms with Crippen molar-refractivity contribution in [2.45, 2.75) is 51.9 Å². The molecule has 124 valence electrons. The zero-order valence-corrected chi connectivity index (χ0v) is 13.9. The van der Waals surface area contributed by atoms with Crippen LogP contribution in [0.2, 0.25) is 0 Å². The van der Waals surface area contributed by atoms with E-state index in [1.807, 2.05) is 4.90 Å². The molecule has 1 rings (SSSR count). The van der Waals surface area contributed by atoms with E-state index in [9.17, 15) is 9.59 Å². The molecule has 1 aliphatic rings. The maximum Gasteiger partial charge on any atom is 0.223 e. The Morgan fingerprint density at radius 1 is 1.19 bits per heavy atom. The second kappa shape index (κ2) is 11.8. The lowest BCUT2D eigenvalue weighted by molar-refractivity contribution is -0.135. The molecule has 0 unspecified atom stereocenters. The number of rotatable bonds is 8. The number of hydrogen-bond acceptors (Lipinski definition) is 3. The topological polar surface area (TPSA) is 75.4 Å². The summed E-state index contributed by atoms with van der Waals surface area (Å²) in [6.07, 6.45) is 6.23. The lowest BCUT2D eigenvalue weighted by atomic mass is 9.95. The SMILES string of the molecule is CCCCCNC(=O)C1CCN(C(=O)CCCN)CC1.Cl. The quantitative estimate of drug-likeness (QED) is 0.668. The predicted molar refractivity (Wildman–Crippen MR) is 87.4 cm³/mol. The van der Waals surface area contributed by atoms with Gasteiger partial charge in [0.1, 0.15) is 0 Å². The van der Waals surface area contributed by atoms with Gasteiger partial charge < -0.3 is 16.0 Å². The molecule has 0 aliphatic carbocycles. The molecular weight excluding hydrogens is 290 g/mol. The van der Waals surface area contributed by atoms with Crippen molar-refractivity contribution in [1.82, 2.24) is 10.2 Å². The molecule has 2 amide bonds. The van der Waals surface area contributed by atoms with Crippen LogP contribution in [0.5, 0.6) is 0 Å². The number of hydrogen-bond donors (Lipinski definition) is 2. The first-order chi connectivity index (χ1) is 9.69. The molecule has 0 saturated carbocycles. The van der Waals surface area contributed by atoms with Crippen molar-refractivity contribution in [3.63, 3.8) is 0 Å². The molecule has 0 radical (unpaired) electrons. The van der Waals surface area contributed by atoms with E-state index in [0.717, 1.165) is 38.6 Å². The van der Waals surface area contributed by atoms with Crippen molar-refractivity contribution < 1.29 is 9.59 Å². The van der Waals surface area contributed by atoms with E-state index in [-0.39, 0.29) is 30.1 Å². The minimum Gasteiger partial charge on any atom is -0.356 e. The van der Waals surface area contributed by atoms with Gasteiger partial charge in [0.15, 0.2) is 0 Å². The molecule has 3 N–H and O–H groups in total. The highest BCUT2D eigenvalue weighted by Crippen LogP contribution is 2.18. The van der Waals surface area contributed by atoms with Crippen LogP contribution in [0.3, 0.4) is 0 Å². The number of nitrogens with two attached hydrogens (primary N) is 1. The molecule has 0 bridgehead atoms. The maximum absolute atomic E-state index is 12.0. The van der Waals surface area contributed by atoms with Crippen LogP contribution in [0, 0.1) is 5.92 Å². The van der Waals surface area contributed by atoms with Crippen molar-refractivity contribution in [3.8, 4) is 0 Å². The number of likely N-dealkylation sites (tertiary alicyclic amines) is 1. The zero-order chi connectivity index (χ0) is 14.8. The molecule has 21 heavy (non-hydrogen) atoms. The second-order valence-corrected chi connectivity index (χ2v) is 5.55. The van der Waals surface area contributed by atoms with Gasteiger partial charge in [-0.15, -0.1) is 12.4 Å². The van der Waals surface area contributed by atoms with Crippen molar-refractivity contribution >= 4 is 24.2 Å². The lowest BCUT2D eigenvalue weighted by Gasteiger charge is -2.31. The van der Waals surface area contributed by atoms with Gasteiger partial charge in [0, 0.05) is 32.0 Å². The van der Waals surface area contributed by atoms with E-state index >= 15 is 0 Å². The molecule has 0 spiro atoms. The third-order valence-corrected chi connectivity index (χ3v) is 3.89. The fraction of sp³-hybridized carbons (Fsp3) is 0.867. The fourth-order valence-electron chi connectivity index (χ4n) is 2.53. The van der Waals surface area contributed by atoms with Crippen LogP contribution >= 0.6 is 12.4 Å². The molecule has 5 nitrogen and oxygen atoms in total. The van der Waals surface area contributed by atoms with Gasteiger partial charge in [-0.2, -0.15) is 0 Å². The normalized spacial score (nSPS) is 15.4. The van der Waals surface area contributed by atoms with Gasteiger partial charge in [-0.1, -0.05) is 19.8 Å². The van der Waals surface area contributed by atoms with Crippen molar-refractivity contribution in [2.75, 3.05) is 26.2 Å². The Labute approximate surface area is 134 Å². The van der Waals surface area contributed by atoms with Gasteiger partial charge in [0.25, 0.3) is 0 Å². The summed E-state index contributed by atoms with van der Waals surface area (Å²) >= 11 is 0. The summed E-state index contributed by atoms with van der Waals surface area (Å²) in [6, 6.07) is 0. The molecule has 0 atom stereocenters. The van der Waals surface area contributed by atoms with Gasteiger partial charge in [-0.05, 0) is 32.2 Å². The summed E-state index contributed by atoms with van der Waals surface area (Å²) in [6.45, 7) is 4.90. The smallest absolute Gasteiger partial charge is 0.223 e. The first-order valence-corrected chi connectivity index (χ1v) is 7.94. The van der Waals surface area contributed by atoms with E-state index in [0.29, 0.717) is 26.1 Å². The lowest BCUT2D eigenvalue weighted by Crippen LogP contribution is -2.43. The van der Waals surface area contributed by atoms with E-state index in [4.69, 9.17) is 5.73 Å². The summed E-state index contributed by atoms with van der Waals surface area (Å²) in [5.74, 6) is 0.419. The molecule has 1 saturated heterocycles. The number of carbonyl (C=O) groups is 2. The maximum atomic E-state index is 12.0. The predicted octanol–water partition coefficient (Wildman–Crippen LogP) is 1.69. The van der Waals surface area contributed by atoms with E-state index < -0.39 is 0 Å². The third kappa shape index (κ3) is 7.67. The Morgan fingerprint density at radius 3 is 2.43 bits per heavy atom. The highest BCUT2D eigenvalue weighted by Gasteiger charge is 2.26. The van der Waals surface area contributed by atoms with Crippen LogP contribution in [-0.2, 0) is 9.59 Å². The number of carbonyl (C=O) groups excluding carboxylic acids is 2. The average molecular weight is 320 g/mol. The second-order valence-electron chi connectivity index (χ2n) is 5.55. The Bertz CT molecular complexity index is 305. The highest BCUT2D eigenvalue weighted by atomic mass is 35.5. The van der Waals surface area contributed by atoms with E-state index in [2.05, 4.69) is 12.2 Å². The van der Waals surface area contributed by atoms with Crippen LogP contribution in [0.25, 0.3) is 0 Å². The first kappa shape index (κ1) is 20.2. The highest BCUT2D eigenvalue weighted by molar-refractivity contribution is 5.85. The standard InChI is InChI=1S/C15H29N3O2.ClH/c1-2-3-4-10-17-15(20)13-7-11-18(12-8-13)14(19)6-5-9-16;/h13H,2-12,16H2,1H3,(H,17,20);1H. The molecule has 6 heteroatoms. The summed E-state index contributed by atoms with van der Waals surface area (Å²) < 4.78 is 0. The monoisotopic (exact) mass is 319 g/mol. The molecule has 0 aromatic carbocycles. The van der Waals surface area contributed by atoms with Crippen LogP contribution < -0.4 is 11.1 Å². The fourth-order valence-corrected chi connectivity index (χ4v) is 2.53. The first-order valence-electron chi connectivity index (χ1n) is 7.94. The van der Waals surface area contributed by atoms with E-state index in [1.165, 1.54) is 6.42 Å². The minimum atomic E-state index is 0. The van der Waals surface area contributed by atoms with Gasteiger partial charge in [0.2, 0.25) is 11.8 Å². The minimum absolute atomic E-state index is 0. The van der Waals surface area contributed by atoms with Crippen molar-refractivity contribution in [3.05, 3.63) is 0 Å². The number of nitrogens with one attached hydrogen (secondary N) is 1. The van der Waals surface area contributed by atoms with Gasteiger partial charge >= 0.3 is 0 Å². The summed E-state index contributed by atoms with van der Waals surface area (Å²) in [5, 5.41) is 3.01. The summed E-state index contributed by atoms with van der Waals surface area (Å²) in [4.78, 5) is 25.7. The van der Waals surface area contributed by atoms with Gasteiger partial charge in [0.05, 0.1) is 0 Å². The number of halogens is 1. The molecular formula is C15H30ClN3O2. The van der Waals surface area contributed by atoms with Gasteiger partial charge in [-0.3, -0.25) is 9.59 Å². The Balaban J connectivity index is 0.00000400. The molecule has 1 heterocycles. The number of piperidine rings is 1. The van der Waals surface area contributed by atoms with Crippen LogP contribution in [0.15, 0.2) is 0 Å². The molecule has 1 aliphatic heterocycles. The van der Waals surface area contributed by atoms with Crippen LogP contribution in [-0.4, -0.2) is 42.9 Å². The molecule has 0 aromatic heterocycles. The Hall–Kier alpha value is -0.810. The van der Waals surface area contributed by atoms with Crippen LogP contribution in [0.4, 0.5) is 0 Å². The van der Waals surface area contributed by atoms with Crippen molar-refractivity contribution in [2.24, 2.45) is 11.7 Å². The average Bonchev–Trinajstić information content (AvgIpc) is 2.49. The summed E-state index contributed by atoms with van der Waals surface area (Å²) in [7, 11) is 0. The number of unbranched alkanes of at least 4 members (excludes halogenated alkanes) is 2.